The Balaban J connectivity index is 1.87. The molecule has 3 rings (SSSR count). The van der Waals surface area contributed by atoms with E-state index in [1.807, 2.05) is 26.8 Å². The lowest BCUT2D eigenvalue weighted by atomic mass is 9.94. The highest BCUT2D eigenvalue weighted by molar-refractivity contribution is 9.10. The largest absolute Gasteiger partial charge is 0.311 e. The molecular formula is C19H21BrN2O3S. The molecule has 0 saturated heterocycles. The average molecular weight is 437 g/mol. The number of hydrogen-bond donors (Lipinski definition) is 1. The summed E-state index contributed by atoms with van der Waals surface area (Å²) in [7, 11) is -3.69. The molecule has 26 heavy (non-hydrogen) atoms. The third-order valence-corrected chi connectivity index (χ3v) is 6.63. The first kappa shape index (κ1) is 18.9. The second-order valence-corrected chi connectivity index (χ2v) is 9.84. The van der Waals surface area contributed by atoms with E-state index in [-0.39, 0.29) is 10.8 Å². The molecule has 0 aromatic heterocycles. The minimum Gasteiger partial charge on any atom is -0.311 e. The zero-order valence-corrected chi connectivity index (χ0v) is 17.3. The van der Waals surface area contributed by atoms with Crippen molar-refractivity contribution in [2.75, 3.05) is 16.2 Å². The van der Waals surface area contributed by atoms with Crippen LogP contribution in [0.3, 0.4) is 0 Å². The van der Waals surface area contributed by atoms with E-state index < -0.39 is 15.4 Å². The molecule has 0 radical (unpaired) electrons. The topological polar surface area (TPSA) is 66.5 Å². The summed E-state index contributed by atoms with van der Waals surface area (Å²) in [6.07, 6.45) is 0.710. The predicted octanol–water partition coefficient (Wildman–Crippen LogP) is 4.19. The molecule has 1 aliphatic rings. The van der Waals surface area contributed by atoms with Crippen molar-refractivity contribution in [1.29, 1.82) is 0 Å². The Labute approximate surface area is 162 Å². The molecular weight excluding hydrogens is 416 g/mol. The lowest BCUT2D eigenvalue weighted by Crippen LogP contribution is -2.38. The number of rotatable bonds is 3. The first-order chi connectivity index (χ1) is 12.1. The van der Waals surface area contributed by atoms with Gasteiger partial charge in [0.1, 0.15) is 4.90 Å². The summed E-state index contributed by atoms with van der Waals surface area (Å²) in [5, 5.41) is 0. The van der Waals surface area contributed by atoms with Gasteiger partial charge in [-0.3, -0.25) is 9.52 Å². The van der Waals surface area contributed by atoms with Gasteiger partial charge in [0.25, 0.3) is 10.0 Å². The van der Waals surface area contributed by atoms with E-state index in [1.165, 1.54) is 0 Å². The monoisotopic (exact) mass is 436 g/mol. The minimum atomic E-state index is -3.69. The second-order valence-electron chi connectivity index (χ2n) is 7.34. The van der Waals surface area contributed by atoms with Gasteiger partial charge in [-0.1, -0.05) is 32.9 Å². The van der Waals surface area contributed by atoms with Crippen LogP contribution >= 0.6 is 15.9 Å². The van der Waals surface area contributed by atoms with Gasteiger partial charge in [0, 0.05) is 27.8 Å². The molecule has 0 bridgehead atoms. The van der Waals surface area contributed by atoms with E-state index in [9.17, 15) is 13.2 Å². The first-order valence-electron chi connectivity index (χ1n) is 8.32. The van der Waals surface area contributed by atoms with Gasteiger partial charge in [-0.25, -0.2) is 8.42 Å². The summed E-state index contributed by atoms with van der Waals surface area (Å²) in [6.45, 7) is 6.31. The fourth-order valence-electron chi connectivity index (χ4n) is 2.95. The van der Waals surface area contributed by atoms with Crippen molar-refractivity contribution in [3.8, 4) is 0 Å². The molecule has 0 unspecified atom stereocenters. The molecule has 1 N–H and O–H groups in total. The molecule has 2 aromatic carbocycles. The summed E-state index contributed by atoms with van der Waals surface area (Å²) in [5.41, 5.74) is 1.86. The fraction of sp³-hybridized carbons (Fsp3) is 0.316. The third kappa shape index (κ3) is 3.64. The van der Waals surface area contributed by atoms with Crippen LogP contribution in [-0.2, 0) is 21.2 Å². The Bertz CT molecular complexity index is 965. The molecule has 7 heteroatoms. The maximum atomic E-state index is 12.6. The standard InChI is InChI=1S/C19H21BrN2O3S/c1-19(2,3)18(23)22-11-10-13-12-14(8-9-16(13)22)21-26(24,25)17-7-5-4-6-15(17)20/h4-9,12,21H,10-11H2,1-3H3. The van der Waals surface area contributed by atoms with E-state index in [0.29, 0.717) is 23.1 Å². The van der Waals surface area contributed by atoms with Crippen LogP contribution in [0.1, 0.15) is 26.3 Å². The van der Waals surface area contributed by atoms with Gasteiger partial charge in [0.15, 0.2) is 0 Å². The van der Waals surface area contributed by atoms with Crippen molar-refractivity contribution in [1.82, 2.24) is 0 Å². The summed E-state index contributed by atoms with van der Waals surface area (Å²) >= 11 is 3.27. The highest BCUT2D eigenvalue weighted by Gasteiger charge is 2.32. The lowest BCUT2D eigenvalue weighted by Gasteiger charge is -2.26. The zero-order valence-electron chi connectivity index (χ0n) is 14.9. The smallest absolute Gasteiger partial charge is 0.263 e. The molecule has 5 nitrogen and oxygen atoms in total. The molecule has 1 amide bonds. The maximum absolute atomic E-state index is 12.6. The van der Waals surface area contributed by atoms with Gasteiger partial charge in [-0.05, 0) is 58.2 Å². The SMILES string of the molecule is CC(C)(C)C(=O)N1CCc2cc(NS(=O)(=O)c3ccccc3Br)ccc21. The Morgan fingerprint density at radius 3 is 2.50 bits per heavy atom. The van der Waals surface area contributed by atoms with Crippen LogP contribution < -0.4 is 9.62 Å². The van der Waals surface area contributed by atoms with Crippen LogP contribution in [0.2, 0.25) is 0 Å². The molecule has 0 fully saturated rings. The van der Waals surface area contributed by atoms with Gasteiger partial charge < -0.3 is 4.90 Å². The molecule has 0 aliphatic carbocycles. The van der Waals surface area contributed by atoms with E-state index in [2.05, 4.69) is 20.7 Å². The number of sulfonamides is 1. The predicted molar refractivity (Wildman–Crippen MR) is 107 cm³/mol. The Hall–Kier alpha value is -1.86. The number of amides is 1. The zero-order chi connectivity index (χ0) is 19.1. The van der Waals surface area contributed by atoms with Crippen molar-refractivity contribution in [3.05, 3.63) is 52.5 Å². The quantitative estimate of drug-likeness (QED) is 0.784. The number of fused-ring (bicyclic) bond motifs is 1. The molecule has 2 aromatic rings. The molecule has 0 saturated carbocycles. The number of anilines is 2. The van der Waals surface area contributed by atoms with Gasteiger partial charge in [0.05, 0.1) is 0 Å². The third-order valence-electron chi connectivity index (χ3n) is 4.24. The molecule has 1 heterocycles. The van der Waals surface area contributed by atoms with Crippen LogP contribution in [0, 0.1) is 5.41 Å². The highest BCUT2D eigenvalue weighted by Crippen LogP contribution is 2.34. The lowest BCUT2D eigenvalue weighted by molar-refractivity contribution is -0.125. The molecule has 1 aliphatic heterocycles. The van der Waals surface area contributed by atoms with Gasteiger partial charge >= 0.3 is 0 Å². The van der Waals surface area contributed by atoms with Crippen LogP contribution in [0.15, 0.2) is 51.8 Å². The minimum absolute atomic E-state index is 0.0674. The van der Waals surface area contributed by atoms with Crippen molar-refractivity contribution >= 4 is 43.2 Å². The number of nitrogens with one attached hydrogen (secondary N) is 1. The van der Waals surface area contributed by atoms with Crippen molar-refractivity contribution < 1.29 is 13.2 Å². The highest BCUT2D eigenvalue weighted by atomic mass is 79.9. The fourth-order valence-corrected chi connectivity index (χ4v) is 5.01. The number of carbonyl (C=O) groups excluding carboxylic acids is 1. The molecule has 138 valence electrons. The summed E-state index contributed by atoms with van der Waals surface area (Å²) in [5.74, 6) is 0.0674. The number of nitrogens with zero attached hydrogens (tertiary/aromatic N) is 1. The van der Waals surface area contributed by atoms with E-state index in [4.69, 9.17) is 0 Å². The molecule has 0 atom stereocenters. The van der Waals surface area contributed by atoms with Crippen LogP contribution in [0.4, 0.5) is 11.4 Å². The van der Waals surface area contributed by atoms with Crippen LogP contribution in [-0.4, -0.2) is 20.9 Å². The molecule has 0 spiro atoms. The number of halogens is 1. The average Bonchev–Trinajstić information content (AvgIpc) is 2.96. The van der Waals surface area contributed by atoms with Gasteiger partial charge in [-0.2, -0.15) is 0 Å². The Kier molecular flexibility index (Phi) is 4.88. The Morgan fingerprint density at radius 1 is 1.15 bits per heavy atom. The van der Waals surface area contributed by atoms with Crippen molar-refractivity contribution in [2.45, 2.75) is 32.1 Å². The van der Waals surface area contributed by atoms with Crippen molar-refractivity contribution in [3.63, 3.8) is 0 Å². The first-order valence-corrected chi connectivity index (χ1v) is 10.6. The van der Waals surface area contributed by atoms with Gasteiger partial charge in [-0.15, -0.1) is 0 Å². The number of carbonyl (C=O) groups is 1. The van der Waals surface area contributed by atoms with E-state index >= 15 is 0 Å². The van der Waals surface area contributed by atoms with E-state index in [1.54, 1.807) is 41.3 Å². The van der Waals surface area contributed by atoms with Crippen LogP contribution in [0.25, 0.3) is 0 Å². The van der Waals surface area contributed by atoms with Gasteiger partial charge in [0.2, 0.25) is 5.91 Å². The van der Waals surface area contributed by atoms with Crippen molar-refractivity contribution in [2.24, 2.45) is 5.41 Å². The summed E-state index contributed by atoms with van der Waals surface area (Å²) in [6, 6.07) is 12.0. The maximum Gasteiger partial charge on any atom is 0.263 e. The normalized spacial score (nSPS) is 14.2. The number of hydrogen-bond acceptors (Lipinski definition) is 3. The number of benzene rings is 2. The second kappa shape index (κ2) is 6.70. The summed E-state index contributed by atoms with van der Waals surface area (Å²) < 4.78 is 28.4. The van der Waals surface area contributed by atoms with E-state index in [0.717, 1.165) is 11.3 Å². The Morgan fingerprint density at radius 2 is 1.85 bits per heavy atom. The van der Waals surface area contributed by atoms with Crippen LogP contribution in [0.5, 0.6) is 0 Å². The summed E-state index contributed by atoms with van der Waals surface area (Å²) in [4.78, 5) is 14.5.